The number of hydrogen-bond donors (Lipinski definition) is 1. The number of thiazole rings is 1. The topological polar surface area (TPSA) is 75.0 Å². The molecule has 0 atom stereocenters. The van der Waals surface area contributed by atoms with Gasteiger partial charge in [-0.3, -0.25) is 4.79 Å². The van der Waals surface area contributed by atoms with E-state index in [0.717, 1.165) is 10.7 Å². The van der Waals surface area contributed by atoms with Gasteiger partial charge < -0.3 is 10.1 Å². The normalized spacial score (nSPS) is 10.1. The van der Waals surface area contributed by atoms with E-state index in [1.807, 2.05) is 18.4 Å². The third-order valence-corrected chi connectivity index (χ3v) is 4.25. The maximum absolute atomic E-state index is 12.6. The predicted molar refractivity (Wildman–Crippen MR) is 96.7 cm³/mol. The predicted octanol–water partition coefficient (Wildman–Crippen LogP) is 4.15. The van der Waals surface area contributed by atoms with Gasteiger partial charge in [-0.25, -0.2) is 4.98 Å². The number of hydrogen-bond acceptors (Lipinski definition) is 5. The molecular weight excluding hydrogens is 334 g/mol. The summed E-state index contributed by atoms with van der Waals surface area (Å²) in [5.74, 6) is 0.197. The van der Waals surface area contributed by atoms with Gasteiger partial charge in [0.05, 0.1) is 27.9 Å². The second-order valence-electron chi connectivity index (χ2n) is 5.29. The van der Waals surface area contributed by atoms with Gasteiger partial charge in [-0.05, 0) is 37.3 Å². The fraction of sp³-hybridized carbons (Fsp3) is 0.105. The van der Waals surface area contributed by atoms with Crippen LogP contribution in [-0.4, -0.2) is 10.9 Å². The summed E-state index contributed by atoms with van der Waals surface area (Å²) in [6.45, 7) is 2.24. The average Bonchev–Trinajstić information content (AvgIpc) is 3.05. The fourth-order valence-electron chi connectivity index (χ4n) is 2.27. The minimum Gasteiger partial charge on any atom is -0.486 e. The number of benzene rings is 2. The van der Waals surface area contributed by atoms with Crippen LogP contribution in [0.1, 0.15) is 26.6 Å². The highest BCUT2D eigenvalue weighted by atomic mass is 32.1. The molecule has 0 fully saturated rings. The molecule has 3 aromatic rings. The Hall–Kier alpha value is -3.17. The number of carbonyl (C=O) groups is 1. The minimum absolute atomic E-state index is 0.292. The minimum atomic E-state index is -0.292. The van der Waals surface area contributed by atoms with Crippen LogP contribution in [0.25, 0.3) is 0 Å². The second kappa shape index (κ2) is 7.60. The monoisotopic (exact) mass is 349 g/mol. The summed E-state index contributed by atoms with van der Waals surface area (Å²) in [4.78, 5) is 16.9. The van der Waals surface area contributed by atoms with Gasteiger partial charge in [0.1, 0.15) is 12.4 Å². The van der Waals surface area contributed by atoms with Crippen molar-refractivity contribution in [3.05, 3.63) is 75.7 Å². The summed E-state index contributed by atoms with van der Waals surface area (Å²) >= 11 is 1.56. The first kappa shape index (κ1) is 16.7. The number of aromatic nitrogens is 1. The molecule has 5 nitrogen and oxygen atoms in total. The first-order chi connectivity index (χ1) is 12.2. The van der Waals surface area contributed by atoms with E-state index in [2.05, 4.69) is 16.4 Å². The van der Waals surface area contributed by atoms with Crippen molar-refractivity contribution in [2.45, 2.75) is 13.5 Å². The number of anilines is 1. The number of carbonyl (C=O) groups excluding carboxylic acids is 1. The van der Waals surface area contributed by atoms with E-state index >= 15 is 0 Å². The van der Waals surface area contributed by atoms with Crippen molar-refractivity contribution in [2.75, 3.05) is 5.32 Å². The molecule has 1 aromatic heterocycles. The van der Waals surface area contributed by atoms with Gasteiger partial charge >= 0.3 is 0 Å². The van der Waals surface area contributed by atoms with E-state index in [4.69, 9.17) is 10.00 Å². The van der Waals surface area contributed by atoms with E-state index in [1.165, 1.54) is 0 Å². The number of ether oxygens (including phenoxy) is 1. The molecule has 0 saturated carbocycles. The lowest BCUT2D eigenvalue weighted by Gasteiger charge is -2.11. The summed E-state index contributed by atoms with van der Waals surface area (Å²) in [6, 6.07) is 15.9. The Morgan fingerprint density at radius 1 is 1.28 bits per heavy atom. The number of nitrogens with one attached hydrogen (secondary N) is 1. The largest absolute Gasteiger partial charge is 0.486 e. The molecule has 0 radical (unpaired) electrons. The highest BCUT2D eigenvalue weighted by molar-refractivity contribution is 7.09. The molecule has 1 heterocycles. The van der Waals surface area contributed by atoms with Crippen LogP contribution in [0.2, 0.25) is 0 Å². The zero-order valence-electron chi connectivity index (χ0n) is 13.5. The van der Waals surface area contributed by atoms with Crippen LogP contribution in [0.4, 0.5) is 5.69 Å². The molecule has 0 saturated heterocycles. The Labute approximate surface area is 149 Å². The molecule has 2 aromatic carbocycles. The molecule has 124 valence electrons. The molecule has 1 amide bonds. The van der Waals surface area contributed by atoms with Gasteiger partial charge in [0.25, 0.3) is 5.91 Å². The van der Waals surface area contributed by atoms with Gasteiger partial charge in [-0.15, -0.1) is 11.3 Å². The van der Waals surface area contributed by atoms with Crippen LogP contribution in [-0.2, 0) is 6.61 Å². The van der Waals surface area contributed by atoms with Crippen LogP contribution in [0.5, 0.6) is 5.75 Å². The Morgan fingerprint density at radius 2 is 2.12 bits per heavy atom. The lowest BCUT2D eigenvalue weighted by Crippen LogP contribution is -2.13. The number of amides is 1. The fourth-order valence-corrected chi connectivity index (χ4v) is 2.87. The van der Waals surface area contributed by atoms with Crippen LogP contribution < -0.4 is 10.1 Å². The van der Waals surface area contributed by atoms with Crippen LogP contribution in [0, 0.1) is 18.3 Å². The molecule has 0 bridgehead atoms. The molecule has 3 rings (SSSR count). The zero-order valence-corrected chi connectivity index (χ0v) is 14.3. The number of para-hydroxylation sites is 1. The van der Waals surface area contributed by atoms with Gasteiger partial charge in [0, 0.05) is 11.1 Å². The smallest absolute Gasteiger partial charge is 0.259 e. The van der Waals surface area contributed by atoms with Gasteiger partial charge in [0.15, 0.2) is 0 Å². The van der Waals surface area contributed by atoms with Crippen LogP contribution in [0.15, 0.2) is 53.9 Å². The number of rotatable bonds is 5. The first-order valence-electron chi connectivity index (χ1n) is 7.60. The lowest BCUT2D eigenvalue weighted by molar-refractivity contribution is 0.102. The molecule has 25 heavy (non-hydrogen) atoms. The van der Waals surface area contributed by atoms with Crippen LogP contribution in [0.3, 0.4) is 0 Å². The van der Waals surface area contributed by atoms with E-state index in [0.29, 0.717) is 29.2 Å². The first-order valence-corrected chi connectivity index (χ1v) is 8.48. The van der Waals surface area contributed by atoms with Crippen molar-refractivity contribution < 1.29 is 9.53 Å². The third-order valence-electron chi connectivity index (χ3n) is 3.42. The molecule has 1 N–H and O–H groups in total. The standard InChI is InChI=1S/C19H15N3O2S/c1-13-21-16(12-25-13)11-24-18-8-3-2-7-17(18)19(23)22-15-6-4-5-14(9-15)10-20/h2-9,12H,11H2,1H3,(H,22,23). The summed E-state index contributed by atoms with van der Waals surface area (Å²) in [6.07, 6.45) is 0. The molecule has 0 aliphatic heterocycles. The Bertz CT molecular complexity index is 944. The molecule has 0 unspecified atom stereocenters. The maximum atomic E-state index is 12.6. The van der Waals surface area contributed by atoms with E-state index in [9.17, 15) is 4.79 Å². The van der Waals surface area contributed by atoms with Crippen molar-refractivity contribution in [3.8, 4) is 11.8 Å². The Balaban J connectivity index is 1.75. The second-order valence-corrected chi connectivity index (χ2v) is 6.35. The summed E-state index contributed by atoms with van der Waals surface area (Å²) in [5, 5.41) is 14.7. The summed E-state index contributed by atoms with van der Waals surface area (Å²) in [7, 11) is 0. The van der Waals surface area contributed by atoms with E-state index in [-0.39, 0.29) is 5.91 Å². The Morgan fingerprint density at radius 3 is 2.88 bits per heavy atom. The number of nitriles is 1. The van der Waals surface area contributed by atoms with E-state index < -0.39 is 0 Å². The zero-order chi connectivity index (χ0) is 17.6. The SMILES string of the molecule is Cc1nc(COc2ccccc2C(=O)Nc2cccc(C#N)c2)cs1. The highest BCUT2D eigenvalue weighted by Crippen LogP contribution is 2.21. The molecule has 0 aliphatic rings. The number of aryl methyl sites for hydroxylation is 1. The number of nitrogens with zero attached hydrogens (tertiary/aromatic N) is 2. The molecule has 0 spiro atoms. The van der Waals surface area contributed by atoms with Crippen LogP contribution >= 0.6 is 11.3 Å². The van der Waals surface area contributed by atoms with Crippen molar-refractivity contribution in [3.63, 3.8) is 0 Å². The van der Waals surface area contributed by atoms with Gasteiger partial charge in [-0.1, -0.05) is 18.2 Å². The highest BCUT2D eigenvalue weighted by Gasteiger charge is 2.13. The summed E-state index contributed by atoms with van der Waals surface area (Å²) < 4.78 is 5.77. The van der Waals surface area contributed by atoms with Crippen molar-refractivity contribution >= 4 is 22.9 Å². The maximum Gasteiger partial charge on any atom is 0.259 e. The van der Waals surface area contributed by atoms with Gasteiger partial charge in [-0.2, -0.15) is 5.26 Å². The van der Waals surface area contributed by atoms with Crippen molar-refractivity contribution in [1.82, 2.24) is 4.98 Å². The third kappa shape index (κ3) is 4.22. The lowest BCUT2D eigenvalue weighted by atomic mass is 10.1. The van der Waals surface area contributed by atoms with Crippen molar-refractivity contribution in [2.24, 2.45) is 0 Å². The summed E-state index contributed by atoms with van der Waals surface area (Å²) in [5.41, 5.74) is 2.31. The van der Waals surface area contributed by atoms with E-state index in [1.54, 1.807) is 53.8 Å². The Kier molecular flexibility index (Phi) is 5.07. The average molecular weight is 349 g/mol. The van der Waals surface area contributed by atoms with Crippen molar-refractivity contribution in [1.29, 1.82) is 5.26 Å². The molecule has 6 heteroatoms. The quantitative estimate of drug-likeness (QED) is 0.751. The van der Waals surface area contributed by atoms with Gasteiger partial charge in [0.2, 0.25) is 0 Å². The molecule has 0 aliphatic carbocycles. The molecular formula is C19H15N3O2S.